The van der Waals surface area contributed by atoms with Crippen LogP contribution in [-0.2, 0) is 0 Å². The molecule has 2 nitrogen and oxygen atoms in total. The molecule has 2 fully saturated rings. The second kappa shape index (κ2) is 6.75. The van der Waals surface area contributed by atoms with Crippen LogP contribution in [0.2, 0.25) is 0 Å². The normalized spacial score (nSPS) is 35.3. The Morgan fingerprint density at radius 2 is 2.00 bits per heavy atom. The predicted octanol–water partition coefficient (Wildman–Crippen LogP) is 2.93. The summed E-state index contributed by atoms with van der Waals surface area (Å²) in [4.78, 5) is 0. The van der Waals surface area contributed by atoms with Gasteiger partial charge in [0.15, 0.2) is 0 Å². The van der Waals surface area contributed by atoms with Gasteiger partial charge in [-0.15, -0.1) is 0 Å². The molecule has 17 heavy (non-hydrogen) atoms. The van der Waals surface area contributed by atoms with Gasteiger partial charge in [0.1, 0.15) is 0 Å². The SMILES string of the molecule is CCC(C)CNCC1CCC2CCCCC2N1. The molecule has 0 aromatic carbocycles. The van der Waals surface area contributed by atoms with Crippen LogP contribution in [0.25, 0.3) is 0 Å². The summed E-state index contributed by atoms with van der Waals surface area (Å²) in [5, 5.41) is 7.52. The predicted molar refractivity (Wildman–Crippen MR) is 74.2 cm³/mol. The molecular weight excluding hydrogens is 208 g/mol. The Hall–Kier alpha value is -0.0800. The summed E-state index contributed by atoms with van der Waals surface area (Å²) in [6.07, 6.45) is 9.95. The van der Waals surface area contributed by atoms with Crippen molar-refractivity contribution >= 4 is 0 Å². The Morgan fingerprint density at radius 1 is 1.18 bits per heavy atom. The Morgan fingerprint density at radius 3 is 2.82 bits per heavy atom. The summed E-state index contributed by atoms with van der Waals surface area (Å²) in [5.74, 6) is 1.82. The molecule has 2 rings (SSSR count). The molecule has 2 N–H and O–H groups in total. The first-order chi connectivity index (χ1) is 8.29. The molecule has 0 bridgehead atoms. The van der Waals surface area contributed by atoms with Crippen molar-refractivity contribution in [2.75, 3.05) is 13.1 Å². The molecule has 1 aliphatic heterocycles. The van der Waals surface area contributed by atoms with Crippen molar-refractivity contribution in [1.82, 2.24) is 10.6 Å². The third kappa shape index (κ3) is 3.96. The minimum Gasteiger partial charge on any atom is -0.315 e. The Kier molecular flexibility index (Phi) is 5.30. The number of hydrogen-bond acceptors (Lipinski definition) is 2. The highest BCUT2D eigenvalue weighted by Gasteiger charge is 2.31. The fraction of sp³-hybridized carbons (Fsp3) is 1.00. The molecule has 0 spiro atoms. The summed E-state index contributed by atoms with van der Waals surface area (Å²) in [5.41, 5.74) is 0. The first kappa shape index (κ1) is 13.4. The van der Waals surface area contributed by atoms with Crippen LogP contribution in [-0.4, -0.2) is 25.2 Å². The van der Waals surface area contributed by atoms with Crippen molar-refractivity contribution in [1.29, 1.82) is 0 Å². The Labute approximate surface area is 107 Å². The highest BCUT2D eigenvalue weighted by atomic mass is 15.0. The van der Waals surface area contributed by atoms with Gasteiger partial charge < -0.3 is 10.6 Å². The van der Waals surface area contributed by atoms with Crippen molar-refractivity contribution in [2.24, 2.45) is 11.8 Å². The number of nitrogens with one attached hydrogen (secondary N) is 2. The summed E-state index contributed by atoms with van der Waals surface area (Å²) in [6.45, 7) is 6.96. The molecule has 1 heterocycles. The lowest BCUT2D eigenvalue weighted by atomic mass is 9.78. The van der Waals surface area contributed by atoms with Crippen LogP contribution in [0.4, 0.5) is 0 Å². The zero-order chi connectivity index (χ0) is 12.1. The van der Waals surface area contributed by atoms with Gasteiger partial charge in [0.25, 0.3) is 0 Å². The van der Waals surface area contributed by atoms with E-state index in [-0.39, 0.29) is 0 Å². The van der Waals surface area contributed by atoms with Crippen molar-refractivity contribution in [3.8, 4) is 0 Å². The number of hydrogen-bond donors (Lipinski definition) is 2. The van der Waals surface area contributed by atoms with Gasteiger partial charge in [0.05, 0.1) is 0 Å². The number of fused-ring (bicyclic) bond motifs is 1. The van der Waals surface area contributed by atoms with E-state index in [1.807, 2.05) is 0 Å². The first-order valence-corrected chi connectivity index (χ1v) is 7.76. The minimum absolute atomic E-state index is 0.735. The summed E-state index contributed by atoms with van der Waals surface area (Å²) >= 11 is 0. The zero-order valence-corrected chi connectivity index (χ0v) is 11.7. The van der Waals surface area contributed by atoms with Crippen molar-refractivity contribution < 1.29 is 0 Å². The van der Waals surface area contributed by atoms with Gasteiger partial charge in [-0.2, -0.15) is 0 Å². The lowest BCUT2D eigenvalue weighted by Crippen LogP contribution is -2.52. The second-order valence-corrected chi connectivity index (χ2v) is 6.26. The third-order valence-electron chi connectivity index (χ3n) is 4.83. The fourth-order valence-electron chi connectivity index (χ4n) is 3.38. The molecular formula is C15H30N2. The minimum atomic E-state index is 0.735. The fourth-order valence-corrected chi connectivity index (χ4v) is 3.38. The molecule has 1 saturated carbocycles. The molecule has 4 unspecified atom stereocenters. The molecule has 0 aromatic heterocycles. The Bertz CT molecular complexity index is 217. The molecule has 2 heteroatoms. The second-order valence-electron chi connectivity index (χ2n) is 6.26. The quantitative estimate of drug-likeness (QED) is 0.769. The van der Waals surface area contributed by atoms with Crippen LogP contribution in [0.15, 0.2) is 0 Å². The van der Waals surface area contributed by atoms with Gasteiger partial charge in [0.2, 0.25) is 0 Å². The maximum absolute atomic E-state index is 3.88. The third-order valence-corrected chi connectivity index (χ3v) is 4.83. The maximum Gasteiger partial charge on any atom is 0.0195 e. The van der Waals surface area contributed by atoms with Gasteiger partial charge in [-0.05, 0) is 44.1 Å². The van der Waals surface area contributed by atoms with E-state index in [2.05, 4.69) is 24.5 Å². The lowest BCUT2D eigenvalue weighted by Gasteiger charge is -2.40. The van der Waals surface area contributed by atoms with Crippen LogP contribution >= 0.6 is 0 Å². The molecule has 1 aliphatic carbocycles. The Balaban J connectivity index is 1.65. The molecule has 0 aromatic rings. The molecule has 100 valence electrons. The van der Waals surface area contributed by atoms with Crippen LogP contribution in [0.1, 0.15) is 58.8 Å². The highest BCUT2D eigenvalue weighted by molar-refractivity contribution is 4.89. The molecule has 0 radical (unpaired) electrons. The summed E-state index contributed by atoms with van der Waals surface area (Å²) < 4.78 is 0. The standard InChI is InChI=1S/C15H30N2/c1-3-12(2)10-16-11-14-9-8-13-6-4-5-7-15(13)17-14/h12-17H,3-11H2,1-2H3. The lowest BCUT2D eigenvalue weighted by molar-refractivity contribution is 0.174. The summed E-state index contributed by atoms with van der Waals surface area (Å²) in [6, 6.07) is 1.58. The molecule has 4 atom stereocenters. The van der Waals surface area contributed by atoms with Gasteiger partial charge in [0, 0.05) is 18.6 Å². The summed E-state index contributed by atoms with van der Waals surface area (Å²) in [7, 11) is 0. The van der Waals surface area contributed by atoms with Crippen LogP contribution in [0, 0.1) is 11.8 Å². The molecule has 1 saturated heterocycles. The van der Waals surface area contributed by atoms with Gasteiger partial charge in [-0.1, -0.05) is 33.1 Å². The van der Waals surface area contributed by atoms with Gasteiger partial charge >= 0.3 is 0 Å². The van der Waals surface area contributed by atoms with E-state index in [9.17, 15) is 0 Å². The van der Waals surface area contributed by atoms with Crippen LogP contribution in [0.5, 0.6) is 0 Å². The van der Waals surface area contributed by atoms with Crippen molar-refractivity contribution in [3.05, 3.63) is 0 Å². The average molecular weight is 238 g/mol. The monoisotopic (exact) mass is 238 g/mol. The largest absolute Gasteiger partial charge is 0.315 e. The smallest absolute Gasteiger partial charge is 0.0195 e. The van der Waals surface area contributed by atoms with Crippen molar-refractivity contribution in [2.45, 2.75) is 70.9 Å². The van der Waals surface area contributed by atoms with E-state index in [0.29, 0.717) is 0 Å². The maximum atomic E-state index is 3.88. The van der Waals surface area contributed by atoms with Gasteiger partial charge in [-0.25, -0.2) is 0 Å². The van der Waals surface area contributed by atoms with E-state index < -0.39 is 0 Å². The van der Waals surface area contributed by atoms with E-state index in [1.165, 1.54) is 58.0 Å². The van der Waals surface area contributed by atoms with E-state index in [0.717, 1.165) is 23.9 Å². The van der Waals surface area contributed by atoms with E-state index >= 15 is 0 Å². The number of piperidine rings is 1. The van der Waals surface area contributed by atoms with Crippen LogP contribution < -0.4 is 10.6 Å². The van der Waals surface area contributed by atoms with Crippen LogP contribution in [0.3, 0.4) is 0 Å². The number of rotatable bonds is 5. The van der Waals surface area contributed by atoms with E-state index in [4.69, 9.17) is 0 Å². The first-order valence-electron chi connectivity index (χ1n) is 7.76. The highest BCUT2D eigenvalue weighted by Crippen LogP contribution is 2.31. The zero-order valence-electron chi connectivity index (χ0n) is 11.7. The topological polar surface area (TPSA) is 24.1 Å². The van der Waals surface area contributed by atoms with Gasteiger partial charge in [-0.3, -0.25) is 0 Å². The molecule has 0 amide bonds. The van der Waals surface area contributed by atoms with E-state index in [1.54, 1.807) is 0 Å². The average Bonchev–Trinajstić information content (AvgIpc) is 2.38. The van der Waals surface area contributed by atoms with Crippen molar-refractivity contribution in [3.63, 3.8) is 0 Å². The molecule has 2 aliphatic rings.